The zero-order valence-corrected chi connectivity index (χ0v) is 8.96. The highest BCUT2D eigenvalue weighted by Crippen LogP contribution is 2.16. The van der Waals surface area contributed by atoms with Crippen molar-refractivity contribution in [1.29, 1.82) is 0 Å². The maximum Gasteiger partial charge on any atom is 0.311 e. The van der Waals surface area contributed by atoms with Crippen molar-refractivity contribution in [2.45, 2.75) is 33.6 Å². The number of ether oxygens (including phenoxy) is 1. The second-order valence-electron chi connectivity index (χ2n) is 3.47. The summed E-state index contributed by atoms with van der Waals surface area (Å²) in [7, 11) is 0. The first-order valence-electron chi connectivity index (χ1n) is 4.91. The number of benzene rings is 1. The molecule has 0 unspecified atom stereocenters. The summed E-state index contributed by atoms with van der Waals surface area (Å²) in [5.74, 6) is 0.488. The molecule has 1 aromatic carbocycles. The average molecular weight is 192 g/mol. The van der Waals surface area contributed by atoms with E-state index in [1.807, 2.05) is 39.0 Å². The molecule has 0 saturated carbocycles. The molecule has 2 nitrogen and oxygen atoms in total. The Morgan fingerprint density at radius 2 is 2.00 bits per heavy atom. The van der Waals surface area contributed by atoms with Gasteiger partial charge in [0.2, 0.25) is 0 Å². The first-order valence-corrected chi connectivity index (χ1v) is 4.91. The summed E-state index contributed by atoms with van der Waals surface area (Å²) in [5.41, 5.74) is 2.35. The van der Waals surface area contributed by atoms with Gasteiger partial charge in [-0.25, -0.2) is 0 Å². The third-order valence-electron chi connectivity index (χ3n) is 2.16. The quantitative estimate of drug-likeness (QED) is 0.543. The molecule has 0 heterocycles. The van der Waals surface area contributed by atoms with Crippen LogP contribution in [0.3, 0.4) is 0 Å². The van der Waals surface area contributed by atoms with Crippen LogP contribution in [0.2, 0.25) is 0 Å². The highest BCUT2D eigenvalue weighted by Gasteiger charge is 2.03. The molecule has 0 aromatic heterocycles. The second-order valence-corrected chi connectivity index (χ2v) is 3.47. The monoisotopic (exact) mass is 192 g/mol. The zero-order valence-electron chi connectivity index (χ0n) is 8.96. The highest BCUT2D eigenvalue weighted by molar-refractivity contribution is 5.72. The van der Waals surface area contributed by atoms with E-state index in [0.717, 1.165) is 12.0 Å². The summed E-state index contributed by atoms with van der Waals surface area (Å²) in [6.45, 7) is 6.00. The Morgan fingerprint density at radius 3 is 2.57 bits per heavy atom. The lowest BCUT2D eigenvalue weighted by Gasteiger charge is -2.05. The van der Waals surface area contributed by atoms with E-state index < -0.39 is 0 Å². The Bertz CT molecular complexity index is 329. The normalized spacial score (nSPS) is 9.93. The van der Waals surface area contributed by atoms with Gasteiger partial charge in [-0.2, -0.15) is 0 Å². The van der Waals surface area contributed by atoms with Crippen molar-refractivity contribution in [2.24, 2.45) is 0 Å². The smallest absolute Gasteiger partial charge is 0.311 e. The Morgan fingerprint density at radius 1 is 1.29 bits per heavy atom. The van der Waals surface area contributed by atoms with E-state index in [1.54, 1.807) is 0 Å². The van der Waals surface area contributed by atoms with Crippen molar-refractivity contribution < 1.29 is 9.53 Å². The Labute approximate surface area is 84.9 Å². The minimum Gasteiger partial charge on any atom is -0.427 e. The molecule has 0 radical (unpaired) electrons. The van der Waals surface area contributed by atoms with Crippen LogP contribution in [0.4, 0.5) is 0 Å². The van der Waals surface area contributed by atoms with Crippen LogP contribution in [0.5, 0.6) is 5.75 Å². The maximum atomic E-state index is 11.2. The number of carbonyl (C=O) groups is 1. The molecule has 0 N–H and O–H groups in total. The SMILES string of the molecule is CCCC(=O)Oc1ccc(C)c(C)c1. The summed E-state index contributed by atoms with van der Waals surface area (Å²) >= 11 is 0. The van der Waals surface area contributed by atoms with Gasteiger partial charge in [-0.3, -0.25) is 4.79 Å². The topological polar surface area (TPSA) is 26.3 Å². The Kier molecular flexibility index (Phi) is 3.69. The fourth-order valence-corrected chi connectivity index (χ4v) is 1.16. The molecular weight excluding hydrogens is 176 g/mol. The van der Waals surface area contributed by atoms with Crippen LogP contribution in [0.1, 0.15) is 30.9 Å². The fraction of sp³-hybridized carbons (Fsp3) is 0.417. The number of carbonyl (C=O) groups excluding carboxylic acids is 1. The van der Waals surface area contributed by atoms with Gasteiger partial charge in [0, 0.05) is 6.42 Å². The van der Waals surface area contributed by atoms with E-state index in [1.165, 1.54) is 5.56 Å². The standard InChI is InChI=1S/C12H16O2/c1-4-5-12(13)14-11-7-6-9(2)10(3)8-11/h6-8H,4-5H2,1-3H3. The van der Waals surface area contributed by atoms with E-state index in [0.29, 0.717) is 12.2 Å². The summed E-state index contributed by atoms with van der Waals surface area (Å²) in [5, 5.41) is 0. The van der Waals surface area contributed by atoms with E-state index in [-0.39, 0.29) is 5.97 Å². The van der Waals surface area contributed by atoms with Crippen molar-refractivity contribution in [3.8, 4) is 5.75 Å². The van der Waals surface area contributed by atoms with Crippen molar-refractivity contribution in [2.75, 3.05) is 0 Å². The van der Waals surface area contributed by atoms with E-state index >= 15 is 0 Å². The second kappa shape index (κ2) is 4.80. The predicted molar refractivity (Wildman–Crippen MR) is 56.5 cm³/mol. The maximum absolute atomic E-state index is 11.2. The molecule has 2 heteroatoms. The predicted octanol–water partition coefficient (Wildman–Crippen LogP) is 3.01. The fourth-order valence-electron chi connectivity index (χ4n) is 1.16. The van der Waals surface area contributed by atoms with Gasteiger partial charge in [0.1, 0.15) is 5.75 Å². The molecule has 0 aliphatic carbocycles. The first kappa shape index (κ1) is 10.8. The minimum absolute atomic E-state index is 0.157. The minimum atomic E-state index is -0.157. The van der Waals surface area contributed by atoms with Crippen molar-refractivity contribution >= 4 is 5.97 Å². The molecule has 0 bridgehead atoms. The van der Waals surface area contributed by atoms with Gasteiger partial charge in [-0.15, -0.1) is 0 Å². The number of rotatable bonds is 3. The lowest BCUT2D eigenvalue weighted by Crippen LogP contribution is -2.06. The van der Waals surface area contributed by atoms with Gasteiger partial charge in [-0.05, 0) is 43.5 Å². The molecule has 0 fully saturated rings. The number of aryl methyl sites for hydroxylation is 2. The molecule has 0 aliphatic heterocycles. The summed E-state index contributed by atoms with van der Waals surface area (Å²) in [4.78, 5) is 11.2. The van der Waals surface area contributed by atoms with E-state index in [9.17, 15) is 4.79 Å². The number of esters is 1. The van der Waals surface area contributed by atoms with Gasteiger partial charge in [-0.1, -0.05) is 13.0 Å². The van der Waals surface area contributed by atoms with E-state index in [2.05, 4.69) is 0 Å². The van der Waals surface area contributed by atoms with E-state index in [4.69, 9.17) is 4.74 Å². The Balaban J connectivity index is 2.68. The highest BCUT2D eigenvalue weighted by atomic mass is 16.5. The zero-order chi connectivity index (χ0) is 10.6. The van der Waals surface area contributed by atoms with Crippen LogP contribution < -0.4 is 4.74 Å². The average Bonchev–Trinajstić information content (AvgIpc) is 2.12. The Hall–Kier alpha value is -1.31. The van der Waals surface area contributed by atoms with Crippen molar-refractivity contribution in [3.05, 3.63) is 29.3 Å². The third kappa shape index (κ3) is 2.87. The van der Waals surface area contributed by atoms with Gasteiger partial charge >= 0.3 is 5.97 Å². The molecule has 0 atom stereocenters. The summed E-state index contributed by atoms with van der Waals surface area (Å²) in [6.07, 6.45) is 1.30. The van der Waals surface area contributed by atoms with Crippen molar-refractivity contribution in [1.82, 2.24) is 0 Å². The molecule has 0 spiro atoms. The summed E-state index contributed by atoms with van der Waals surface area (Å²) in [6, 6.07) is 5.68. The van der Waals surface area contributed by atoms with Gasteiger partial charge < -0.3 is 4.74 Å². The lowest BCUT2D eigenvalue weighted by molar-refractivity contribution is -0.134. The largest absolute Gasteiger partial charge is 0.427 e. The molecule has 0 aliphatic rings. The van der Waals surface area contributed by atoms with Crippen LogP contribution >= 0.6 is 0 Å². The van der Waals surface area contributed by atoms with Crippen molar-refractivity contribution in [3.63, 3.8) is 0 Å². The third-order valence-corrected chi connectivity index (χ3v) is 2.16. The van der Waals surface area contributed by atoms with Crippen LogP contribution in [0.25, 0.3) is 0 Å². The van der Waals surface area contributed by atoms with Gasteiger partial charge in [0.05, 0.1) is 0 Å². The first-order chi connectivity index (χ1) is 6.63. The molecule has 14 heavy (non-hydrogen) atoms. The number of hydrogen-bond donors (Lipinski definition) is 0. The molecule has 1 aromatic rings. The molecule has 76 valence electrons. The van der Waals surface area contributed by atoms with Crippen LogP contribution in [-0.4, -0.2) is 5.97 Å². The van der Waals surface area contributed by atoms with Crippen LogP contribution in [-0.2, 0) is 4.79 Å². The molecular formula is C12H16O2. The molecule has 1 rings (SSSR count). The number of hydrogen-bond acceptors (Lipinski definition) is 2. The van der Waals surface area contributed by atoms with Crippen LogP contribution in [0, 0.1) is 13.8 Å². The lowest BCUT2D eigenvalue weighted by atomic mass is 10.1. The summed E-state index contributed by atoms with van der Waals surface area (Å²) < 4.78 is 5.15. The van der Waals surface area contributed by atoms with Crippen LogP contribution in [0.15, 0.2) is 18.2 Å². The van der Waals surface area contributed by atoms with Gasteiger partial charge in [0.15, 0.2) is 0 Å². The van der Waals surface area contributed by atoms with Gasteiger partial charge in [0.25, 0.3) is 0 Å². The molecule has 0 saturated heterocycles. The molecule has 0 amide bonds.